The van der Waals surface area contributed by atoms with Gasteiger partial charge in [-0.3, -0.25) is 9.13 Å². The summed E-state index contributed by atoms with van der Waals surface area (Å²) in [5, 5.41) is 0. The highest BCUT2D eigenvalue weighted by atomic mass is 79.9. The van der Waals surface area contributed by atoms with Gasteiger partial charge in [0.2, 0.25) is 10.0 Å². The molecule has 1 aromatic heterocycles. The Balaban J connectivity index is 1.87. The zero-order valence-electron chi connectivity index (χ0n) is 17.2. The molecule has 0 radical (unpaired) electrons. The lowest BCUT2D eigenvalue weighted by Crippen LogP contribution is -2.45. The first-order valence-electron chi connectivity index (χ1n) is 9.38. The maximum atomic E-state index is 13.6. The normalized spacial score (nSPS) is 16.9. The van der Waals surface area contributed by atoms with Crippen molar-refractivity contribution in [3.05, 3.63) is 62.0 Å². The summed E-state index contributed by atoms with van der Waals surface area (Å²) < 4.78 is 32.3. The van der Waals surface area contributed by atoms with Crippen molar-refractivity contribution in [2.24, 2.45) is 14.1 Å². The van der Waals surface area contributed by atoms with E-state index in [1.807, 2.05) is 6.92 Å². The Morgan fingerprint density at radius 2 is 1.66 bits per heavy atom. The fraction of sp³-hybridized carbons (Fsp3) is 0.381. The fourth-order valence-corrected chi connectivity index (χ4v) is 6.88. The van der Waals surface area contributed by atoms with Gasteiger partial charge in [-0.2, -0.15) is 4.31 Å². The van der Waals surface area contributed by atoms with Crippen LogP contribution in [0.25, 0.3) is 11.0 Å². The van der Waals surface area contributed by atoms with E-state index in [4.69, 9.17) is 0 Å². The van der Waals surface area contributed by atoms with E-state index in [2.05, 4.69) is 48.0 Å². The standard InChI is InChI=1S/C21H24BrN3O3S/c1-13-6-7-15-14(8-13)11-25(12-21(15,2)3)29(27,28)19-10-18-17(9-16(19)22)23(4)20(26)24(18)5/h6-10H,11-12H2,1-5H3. The van der Waals surface area contributed by atoms with Gasteiger partial charge in [-0.15, -0.1) is 0 Å². The van der Waals surface area contributed by atoms with Crippen LogP contribution in [0.2, 0.25) is 0 Å². The van der Waals surface area contributed by atoms with E-state index >= 15 is 0 Å². The molecule has 0 atom stereocenters. The first-order valence-corrected chi connectivity index (χ1v) is 11.6. The Labute approximate surface area is 178 Å². The smallest absolute Gasteiger partial charge is 0.295 e. The van der Waals surface area contributed by atoms with Crippen LogP contribution in [-0.2, 0) is 36.1 Å². The number of rotatable bonds is 2. The topological polar surface area (TPSA) is 64.3 Å². The second kappa shape index (κ2) is 6.55. The highest BCUT2D eigenvalue weighted by molar-refractivity contribution is 9.10. The third-order valence-corrected chi connectivity index (χ3v) is 8.60. The summed E-state index contributed by atoms with van der Waals surface area (Å²) in [7, 11) is -0.440. The Bertz CT molecular complexity index is 1320. The second-order valence-electron chi connectivity index (χ2n) is 8.49. The van der Waals surface area contributed by atoms with Gasteiger partial charge < -0.3 is 0 Å². The minimum atomic E-state index is -3.77. The summed E-state index contributed by atoms with van der Waals surface area (Å²) in [6.07, 6.45) is 0. The van der Waals surface area contributed by atoms with Gasteiger partial charge in [0.1, 0.15) is 0 Å². The molecule has 0 fully saturated rings. The molecule has 4 rings (SSSR count). The number of aromatic nitrogens is 2. The van der Waals surface area contributed by atoms with Crippen molar-refractivity contribution in [3.8, 4) is 0 Å². The quantitative estimate of drug-likeness (QED) is 0.567. The molecular weight excluding hydrogens is 454 g/mol. The third-order valence-electron chi connectivity index (χ3n) is 5.85. The van der Waals surface area contributed by atoms with Crippen LogP contribution >= 0.6 is 15.9 Å². The van der Waals surface area contributed by atoms with Gasteiger partial charge in [-0.25, -0.2) is 13.2 Å². The summed E-state index contributed by atoms with van der Waals surface area (Å²) in [5.74, 6) is 0. The van der Waals surface area contributed by atoms with E-state index in [0.29, 0.717) is 28.6 Å². The van der Waals surface area contributed by atoms with Crippen molar-refractivity contribution < 1.29 is 8.42 Å². The van der Waals surface area contributed by atoms with Crippen molar-refractivity contribution in [3.63, 3.8) is 0 Å². The van der Waals surface area contributed by atoms with Crippen LogP contribution in [0.5, 0.6) is 0 Å². The molecule has 6 nitrogen and oxygen atoms in total. The predicted molar refractivity (Wildman–Crippen MR) is 118 cm³/mol. The molecule has 0 spiro atoms. The summed E-state index contributed by atoms with van der Waals surface area (Å²) in [6.45, 7) is 6.88. The monoisotopic (exact) mass is 477 g/mol. The lowest BCUT2D eigenvalue weighted by molar-refractivity contribution is 0.299. The maximum Gasteiger partial charge on any atom is 0.328 e. The zero-order chi connectivity index (χ0) is 21.3. The van der Waals surface area contributed by atoms with Crippen molar-refractivity contribution in [2.45, 2.75) is 37.6 Å². The van der Waals surface area contributed by atoms with E-state index in [0.717, 1.165) is 11.1 Å². The van der Waals surface area contributed by atoms with Crippen LogP contribution in [0.3, 0.4) is 0 Å². The molecule has 8 heteroatoms. The number of nitrogens with zero attached hydrogens (tertiary/aromatic N) is 3. The molecule has 29 heavy (non-hydrogen) atoms. The average molecular weight is 478 g/mol. The average Bonchev–Trinajstić information content (AvgIpc) is 2.83. The van der Waals surface area contributed by atoms with E-state index in [9.17, 15) is 13.2 Å². The van der Waals surface area contributed by atoms with E-state index in [1.165, 1.54) is 14.7 Å². The van der Waals surface area contributed by atoms with E-state index in [1.54, 1.807) is 30.5 Å². The molecular formula is C21H24BrN3O3S. The molecule has 0 saturated carbocycles. The molecule has 2 aromatic carbocycles. The minimum absolute atomic E-state index is 0.179. The number of hydrogen-bond acceptors (Lipinski definition) is 3. The van der Waals surface area contributed by atoms with Crippen molar-refractivity contribution >= 4 is 37.0 Å². The van der Waals surface area contributed by atoms with Gasteiger partial charge in [-0.1, -0.05) is 37.6 Å². The highest BCUT2D eigenvalue weighted by Gasteiger charge is 2.38. The Hall–Kier alpha value is -1.90. The van der Waals surface area contributed by atoms with Gasteiger partial charge in [0.15, 0.2) is 0 Å². The Morgan fingerprint density at radius 1 is 1.03 bits per heavy atom. The first-order chi connectivity index (χ1) is 13.4. The van der Waals surface area contributed by atoms with Crippen molar-refractivity contribution in [1.29, 1.82) is 0 Å². The fourth-order valence-electron chi connectivity index (χ4n) is 4.29. The zero-order valence-corrected chi connectivity index (χ0v) is 19.6. The van der Waals surface area contributed by atoms with Gasteiger partial charge in [0.25, 0.3) is 0 Å². The Morgan fingerprint density at radius 3 is 2.31 bits per heavy atom. The number of sulfonamides is 1. The SMILES string of the molecule is Cc1ccc2c(c1)CN(S(=O)(=O)c1cc3c(cc1Br)n(C)c(=O)n3C)CC2(C)C. The number of imidazole rings is 1. The van der Waals surface area contributed by atoms with Crippen molar-refractivity contribution in [2.75, 3.05) is 6.54 Å². The van der Waals surface area contributed by atoms with Gasteiger partial charge in [0.05, 0.1) is 15.9 Å². The molecule has 3 aromatic rings. The predicted octanol–water partition coefficient (Wildman–Crippen LogP) is 3.43. The number of halogens is 1. The van der Waals surface area contributed by atoms with Crippen LogP contribution in [0.1, 0.15) is 30.5 Å². The number of benzene rings is 2. The van der Waals surface area contributed by atoms with Gasteiger partial charge >= 0.3 is 5.69 Å². The number of aryl methyl sites for hydroxylation is 3. The highest BCUT2D eigenvalue weighted by Crippen LogP contribution is 2.38. The number of hydrogen-bond donors (Lipinski definition) is 0. The van der Waals surface area contributed by atoms with Crippen molar-refractivity contribution in [1.82, 2.24) is 13.4 Å². The lowest BCUT2D eigenvalue weighted by Gasteiger charge is -2.39. The Kier molecular flexibility index (Phi) is 4.60. The van der Waals surface area contributed by atoms with Crippen LogP contribution in [0.15, 0.2) is 44.5 Å². The van der Waals surface area contributed by atoms with Crippen LogP contribution in [-0.4, -0.2) is 28.4 Å². The molecule has 1 aliphatic rings. The second-order valence-corrected chi connectivity index (χ2v) is 11.3. The molecule has 0 amide bonds. The maximum absolute atomic E-state index is 13.6. The molecule has 0 unspecified atom stereocenters. The van der Waals surface area contributed by atoms with Crippen LogP contribution < -0.4 is 5.69 Å². The van der Waals surface area contributed by atoms with Crippen LogP contribution in [0.4, 0.5) is 0 Å². The molecule has 0 saturated heterocycles. The summed E-state index contributed by atoms with van der Waals surface area (Å²) >= 11 is 3.43. The summed E-state index contributed by atoms with van der Waals surface area (Å²) in [6, 6.07) is 9.55. The first kappa shape index (κ1) is 20.4. The molecule has 1 aliphatic heterocycles. The largest absolute Gasteiger partial charge is 0.328 e. The molecule has 0 N–H and O–H groups in total. The third kappa shape index (κ3) is 3.08. The van der Waals surface area contributed by atoms with E-state index in [-0.39, 0.29) is 16.0 Å². The van der Waals surface area contributed by atoms with Gasteiger partial charge in [-0.05, 0) is 46.1 Å². The molecule has 154 valence electrons. The van der Waals surface area contributed by atoms with Gasteiger partial charge in [0, 0.05) is 37.1 Å². The molecule has 0 bridgehead atoms. The van der Waals surface area contributed by atoms with E-state index < -0.39 is 10.0 Å². The molecule has 2 heterocycles. The van der Waals surface area contributed by atoms with Crippen LogP contribution in [0, 0.1) is 6.92 Å². The minimum Gasteiger partial charge on any atom is -0.295 e. The summed E-state index contributed by atoms with van der Waals surface area (Å²) in [4.78, 5) is 12.4. The molecule has 0 aliphatic carbocycles. The summed E-state index contributed by atoms with van der Waals surface area (Å²) in [5.41, 5.74) is 4.12. The number of fused-ring (bicyclic) bond motifs is 2. The lowest BCUT2D eigenvalue weighted by atomic mass is 9.79.